The van der Waals surface area contributed by atoms with Gasteiger partial charge in [-0.2, -0.15) is 0 Å². The van der Waals surface area contributed by atoms with E-state index in [1.165, 1.54) is 5.56 Å². The van der Waals surface area contributed by atoms with Crippen LogP contribution in [-0.2, 0) is 6.42 Å². The fraction of sp³-hybridized carbons (Fsp3) is 0.0588. The van der Waals surface area contributed by atoms with Crippen molar-refractivity contribution in [2.75, 3.05) is 0 Å². The molecule has 0 aliphatic rings. The summed E-state index contributed by atoms with van der Waals surface area (Å²) in [6.07, 6.45) is 0.825. The first kappa shape index (κ1) is 12.2. The Kier molecular flexibility index (Phi) is 3.63. The van der Waals surface area contributed by atoms with Crippen LogP contribution in [0.25, 0.3) is 11.3 Å². The van der Waals surface area contributed by atoms with Crippen molar-refractivity contribution in [1.82, 2.24) is 0 Å². The molecule has 0 fully saturated rings. The molecule has 0 spiro atoms. The summed E-state index contributed by atoms with van der Waals surface area (Å²) >= 11 is 0. The van der Waals surface area contributed by atoms with Crippen molar-refractivity contribution in [3.8, 4) is 0 Å². The standard InChI is InChI=1S/C17H17N/c1-13(12-15-8-4-3-5-9-15)16-10-6-7-11-17(16)14(2)18/h3-11H,1-2,12,18H2. The second-order valence-corrected chi connectivity index (χ2v) is 4.34. The van der Waals surface area contributed by atoms with E-state index in [0.717, 1.165) is 23.1 Å². The molecule has 18 heavy (non-hydrogen) atoms. The molecule has 2 aromatic rings. The summed E-state index contributed by atoms with van der Waals surface area (Å²) in [6.45, 7) is 7.98. The van der Waals surface area contributed by atoms with Crippen molar-refractivity contribution < 1.29 is 0 Å². The van der Waals surface area contributed by atoms with Gasteiger partial charge in [-0.1, -0.05) is 67.8 Å². The Hall–Kier alpha value is -2.28. The predicted octanol–water partition coefficient (Wildman–Crippen LogP) is 3.87. The molecule has 2 N–H and O–H groups in total. The molecule has 0 radical (unpaired) electrons. The van der Waals surface area contributed by atoms with E-state index < -0.39 is 0 Å². The van der Waals surface area contributed by atoms with Crippen LogP contribution in [0.2, 0.25) is 0 Å². The molecule has 0 aromatic heterocycles. The van der Waals surface area contributed by atoms with E-state index in [9.17, 15) is 0 Å². The maximum Gasteiger partial charge on any atom is 0.0320 e. The zero-order chi connectivity index (χ0) is 13.0. The zero-order valence-electron chi connectivity index (χ0n) is 10.4. The Morgan fingerprint density at radius 3 is 2.00 bits per heavy atom. The van der Waals surface area contributed by atoms with Gasteiger partial charge in [0.05, 0.1) is 0 Å². The molecule has 0 saturated heterocycles. The first-order valence-corrected chi connectivity index (χ1v) is 5.94. The molecule has 0 bridgehead atoms. The third-order valence-corrected chi connectivity index (χ3v) is 2.91. The van der Waals surface area contributed by atoms with Gasteiger partial charge in [0.2, 0.25) is 0 Å². The Balaban J connectivity index is 2.27. The minimum Gasteiger partial charge on any atom is -0.399 e. The number of allylic oxidation sites excluding steroid dienone is 1. The Labute approximate surface area is 108 Å². The Morgan fingerprint density at radius 2 is 1.39 bits per heavy atom. The van der Waals surface area contributed by atoms with Gasteiger partial charge >= 0.3 is 0 Å². The van der Waals surface area contributed by atoms with Crippen LogP contribution in [0, 0.1) is 0 Å². The van der Waals surface area contributed by atoms with Crippen LogP contribution >= 0.6 is 0 Å². The van der Waals surface area contributed by atoms with Crippen molar-refractivity contribution in [2.45, 2.75) is 6.42 Å². The molecule has 0 aliphatic heterocycles. The van der Waals surface area contributed by atoms with Crippen LogP contribution in [0.4, 0.5) is 0 Å². The monoisotopic (exact) mass is 235 g/mol. The number of nitrogens with two attached hydrogens (primary N) is 1. The van der Waals surface area contributed by atoms with Crippen LogP contribution in [0.5, 0.6) is 0 Å². The highest BCUT2D eigenvalue weighted by Gasteiger charge is 2.07. The Morgan fingerprint density at radius 1 is 0.833 bits per heavy atom. The third kappa shape index (κ3) is 2.69. The lowest BCUT2D eigenvalue weighted by molar-refractivity contribution is 1.28. The maximum absolute atomic E-state index is 5.81. The molecular weight excluding hydrogens is 218 g/mol. The molecule has 0 amide bonds. The van der Waals surface area contributed by atoms with Gasteiger partial charge in [-0.25, -0.2) is 0 Å². The van der Waals surface area contributed by atoms with Crippen molar-refractivity contribution >= 4 is 11.3 Å². The molecule has 2 rings (SSSR count). The largest absolute Gasteiger partial charge is 0.399 e. The van der Waals surface area contributed by atoms with E-state index in [1.54, 1.807) is 0 Å². The lowest BCUT2D eigenvalue weighted by Crippen LogP contribution is -2.00. The van der Waals surface area contributed by atoms with Gasteiger partial charge in [0.25, 0.3) is 0 Å². The van der Waals surface area contributed by atoms with E-state index >= 15 is 0 Å². The van der Waals surface area contributed by atoms with E-state index in [1.807, 2.05) is 42.5 Å². The van der Waals surface area contributed by atoms with Crippen molar-refractivity contribution in [3.63, 3.8) is 0 Å². The highest BCUT2D eigenvalue weighted by molar-refractivity contribution is 5.77. The summed E-state index contributed by atoms with van der Waals surface area (Å²) < 4.78 is 0. The average Bonchev–Trinajstić information content (AvgIpc) is 2.40. The molecular formula is C17H17N. The van der Waals surface area contributed by atoms with Gasteiger partial charge < -0.3 is 5.73 Å². The fourth-order valence-corrected chi connectivity index (χ4v) is 2.01. The van der Waals surface area contributed by atoms with Crippen molar-refractivity contribution in [1.29, 1.82) is 0 Å². The quantitative estimate of drug-likeness (QED) is 0.855. The van der Waals surface area contributed by atoms with Gasteiger partial charge in [-0.05, 0) is 23.1 Å². The molecule has 1 heteroatoms. The minimum atomic E-state index is 0.583. The second kappa shape index (κ2) is 5.37. The molecule has 0 atom stereocenters. The van der Waals surface area contributed by atoms with E-state index in [-0.39, 0.29) is 0 Å². The van der Waals surface area contributed by atoms with Gasteiger partial charge in [-0.3, -0.25) is 0 Å². The maximum atomic E-state index is 5.81. The number of hydrogen-bond donors (Lipinski definition) is 1. The summed E-state index contributed by atoms with van der Waals surface area (Å²) in [4.78, 5) is 0. The van der Waals surface area contributed by atoms with Crippen LogP contribution in [-0.4, -0.2) is 0 Å². The molecule has 2 aromatic carbocycles. The molecule has 0 heterocycles. The SMILES string of the molecule is C=C(N)c1ccccc1C(=C)Cc1ccccc1. The number of benzene rings is 2. The van der Waals surface area contributed by atoms with Crippen LogP contribution in [0.1, 0.15) is 16.7 Å². The normalized spacial score (nSPS) is 10.0. The summed E-state index contributed by atoms with van der Waals surface area (Å²) in [6, 6.07) is 18.3. The van der Waals surface area contributed by atoms with Crippen LogP contribution in [0.15, 0.2) is 67.8 Å². The molecule has 0 aliphatic carbocycles. The predicted molar refractivity (Wildman–Crippen MR) is 78.8 cm³/mol. The lowest BCUT2D eigenvalue weighted by atomic mass is 9.94. The smallest absolute Gasteiger partial charge is 0.0320 e. The third-order valence-electron chi connectivity index (χ3n) is 2.91. The lowest BCUT2D eigenvalue weighted by Gasteiger charge is -2.11. The number of hydrogen-bond acceptors (Lipinski definition) is 1. The minimum absolute atomic E-state index is 0.583. The second-order valence-electron chi connectivity index (χ2n) is 4.34. The van der Waals surface area contributed by atoms with Crippen LogP contribution < -0.4 is 5.73 Å². The Bertz CT molecular complexity index is 567. The fourth-order valence-electron chi connectivity index (χ4n) is 2.01. The van der Waals surface area contributed by atoms with Crippen LogP contribution in [0.3, 0.4) is 0 Å². The molecule has 0 unspecified atom stereocenters. The molecule has 0 saturated carbocycles. The van der Waals surface area contributed by atoms with Crippen molar-refractivity contribution in [3.05, 3.63) is 84.4 Å². The summed E-state index contributed by atoms with van der Waals surface area (Å²) in [7, 11) is 0. The van der Waals surface area contributed by atoms with Gasteiger partial charge in [0.15, 0.2) is 0 Å². The highest BCUT2D eigenvalue weighted by atomic mass is 14.6. The van der Waals surface area contributed by atoms with Crippen molar-refractivity contribution in [2.24, 2.45) is 5.73 Å². The highest BCUT2D eigenvalue weighted by Crippen LogP contribution is 2.24. The first-order valence-electron chi connectivity index (χ1n) is 5.94. The van der Waals surface area contributed by atoms with E-state index in [0.29, 0.717) is 5.70 Å². The average molecular weight is 235 g/mol. The zero-order valence-corrected chi connectivity index (χ0v) is 10.4. The topological polar surface area (TPSA) is 26.0 Å². The van der Waals surface area contributed by atoms with Gasteiger partial charge in [0.1, 0.15) is 0 Å². The van der Waals surface area contributed by atoms with E-state index in [2.05, 4.69) is 25.3 Å². The van der Waals surface area contributed by atoms with Gasteiger partial charge in [0, 0.05) is 11.3 Å². The molecule has 1 nitrogen and oxygen atoms in total. The summed E-state index contributed by atoms with van der Waals surface area (Å²) in [5.41, 5.74) is 10.8. The number of rotatable bonds is 4. The van der Waals surface area contributed by atoms with Gasteiger partial charge in [-0.15, -0.1) is 0 Å². The van der Waals surface area contributed by atoms with E-state index in [4.69, 9.17) is 5.73 Å². The summed E-state index contributed by atoms with van der Waals surface area (Å²) in [5.74, 6) is 0. The summed E-state index contributed by atoms with van der Waals surface area (Å²) in [5, 5.41) is 0. The molecule has 90 valence electrons. The first-order chi connectivity index (χ1) is 8.68.